The average Bonchev–Trinajstić information content (AvgIpc) is 3.14. The van der Waals surface area contributed by atoms with Gasteiger partial charge >= 0.3 is 6.09 Å². The molecule has 10 heteroatoms. The maximum atomic E-state index is 12.2. The Morgan fingerprint density at radius 1 is 1.17 bits per heavy atom. The first kappa shape index (κ1) is 22.8. The molecule has 1 fully saturated rings. The fraction of sp³-hybridized carbons (Fsp3) is 0.500. The number of hydrogen-bond acceptors (Lipinski definition) is 6. The number of piperazine rings is 1. The highest BCUT2D eigenvalue weighted by molar-refractivity contribution is 8.22. The molecule has 7 nitrogen and oxygen atoms in total. The summed E-state index contributed by atoms with van der Waals surface area (Å²) in [4.78, 5) is 16.0. The van der Waals surface area contributed by atoms with Crippen molar-refractivity contribution in [3.8, 4) is 0 Å². The van der Waals surface area contributed by atoms with Gasteiger partial charge in [0.2, 0.25) is 0 Å². The Labute approximate surface area is 191 Å². The summed E-state index contributed by atoms with van der Waals surface area (Å²) in [5, 5.41) is 9.14. The molecular weight excluding hydrogens is 442 g/mol. The zero-order chi connectivity index (χ0) is 21.7. The van der Waals surface area contributed by atoms with Gasteiger partial charge < -0.3 is 14.5 Å². The summed E-state index contributed by atoms with van der Waals surface area (Å²) in [7, 11) is 0. The molecule has 0 radical (unpaired) electrons. The number of ether oxygens (including phenoxy) is 1. The largest absolute Gasteiger partial charge is 0.444 e. The van der Waals surface area contributed by atoms with Crippen LogP contribution in [0.3, 0.4) is 0 Å². The number of aromatic nitrogens is 3. The van der Waals surface area contributed by atoms with Crippen LogP contribution in [-0.2, 0) is 17.0 Å². The third-order valence-corrected chi connectivity index (χ3v) is 6.19. The van der Waals surface area contributed by atoms with E-state index in [1.807, 2.05) is 55.9 Å². The van der Waals surface area contributed by atoms with Crippen molar-refractivity contribution in [2.45, 2.75) is 38.7 Å². The lowest BCUT2D eigenvalue weighted by Gasteiger charge is -2.36. The Morgan fingerprint density at radius 2 is 1.80 bits per heavy atom. The molecule has 0 spiro atoms. The Hall–Kier alpha value is -1.84. The minimum Gasteiger partial charge on any atom is -0.444 e. The third-order valence-electron chi connectivity index (χ3n) is 4.38. The molecule has 3 rings (SSSR count). The van der Waals surface area contributed by atoms with E-state index in [4.69, 9.17) is 28.6 Å². The zero-order valence-electron chi connectivity index (χ0n) is 17.4. The van der Waals surface area contributed by atoms with Crippen LogP contribution in [0.25, 0.3) is 0 Å². The highest BCUT2D eigenvalue weighted by Gasteiger charge is 2.26. The quantitative estimate of drug-likeness (QED) is 0.628. The first-order valence-corrected chi connectivity index (χ1v) is 11.5. The number of nitrogens with zero attached hydrogens (tertiary/aromatic N) is 5. The van der Waals surface area contributed by atoms with Crippen molar-refractivity contribution in [1.29, 1.82) is 0 Å². The van der Waals surface area contributed by atoms with E-state index < -0.39 is 5.60 Å². The molecule has 1 aromatic carbocycles. The van der Waals surface area contributed by atoms with Crippen LogP contribution in [0.4, 0.5) is 4.79 Å². The van der Waals surface area contributed by atoms with E-state index in [-0.39, 0.29) is 6.09 Å². The van der Waals surface area contributed by atoms with Gasteiger partial charge in [-0.15, -0.1) is 5.10 Å². The van der Waals surface area contributed by atoms with Gasteiger partial charge in [0.05, 0.1) is 12.2 Å². The van der Waals surface area contributed by atoms with Crippen molar-refractivity contribution in [3.05, 3.63) is 46.7 Å². The van der Waals surface area contributed by atoms with E-state index in [1.54, 1.807) is 16.7 Å². The second-order valence-corrected chi connectivity index (χ2v) is 10.1. The molecule has 0 unspecified atom stereocenters. The summed E-state index contributed by atoms with van der Waals surface area (Å²) in [5.41, 5.74) is 1.51. The lowest BCUT2D eigenvalue weighted by atomic mass is 10.2. The summed E-state index contributed by atoms with van der Waals surface area (Å²) >= 11 is 13.1. The smallest absolute Gasteiger partial charge is 0.410 e. The third kappa shape index (κ3) is 6.85. The van der Waals surface area contributed by atoms with Gasteiger partial charge in [-0.25, -0.2) is 9.48 Å². The van der Waals surface area contributed by atoms with Crippen molar-refractivity contribution < 1.29 is 9.53 Å². The number of halogens is 1. The van der Waals surface area contributed by atoms with Gasteiger partial charge in [-0.05, 0) is 38.5 Å². The topological polar surface area (TPSA) is 63.5 Å². The van der Waals surface area contributed by atoms with E-state index >= 15 is 0 Å². The minimum atomic E-state index is -0.482. The molecule has 0 bridgehead atoms. The van der Waals surface area contributed by atoms with Gasteiger partial charge in [-0.1, -0.05) is 52.9 Å². The second kappa shape index (κ2) is 9.98. The number of amides is 1. The molecule has 0 atom stereocenters. The number of carbonyl (C=O) groups excluding carboxylic acids is 1. The van der Waals surface area contributed by atoms with Gasteiger partial charge in [-0.3, -0.25) is 0 Å². The van der Waals surface area contributed by atoms with E-state index in [0.717, 1.165) is 20.6 Å². The number of hydrogen-bond donors (Lipinski definition) is 0. The van der Waals surface area contributed by atoms with Crippen LogP contribution < -0.4 is 0 Å². The van der Waals surface area contributed by atoms with Crippen LogP contribution in [0.15, 0.2) is 30.5 Å². The van der Waals surface area contributed by atoms with Crippen LogP contribution in [0, 0.1) is 0 Å². The monoisotopic (exact) mass is 467 g/mol. The standard InChI is InChI=1S/C20H26ClN5O2S2/c1-20(2,3)28-18(27)24-8-10-25(11-9-24)19(29)30-14-17-13-26(23-22-17)12-15-4-6-16(21)7-5-15/h4-7,13H,8-12,14H2,1-3H3. The summed E-state index contributed by atoms with van der Waals surface area (Å²) in [6, 6.07) is 7.69. The lowest BCUT2D eigenvalue weighted by molar-refractivity contribution is 0.0189. The Balaban J connectivity index is 1.42. The molecule has 0 aliphatic carbocycles. The van der Waals surface area contributed by atoms with Gasteiger partial charge in [0.15, 0.2) is 0 Å². The van der Waals surface area contributed by atoms with Crippen molar-refractivity contribution in [2.75, 3.05) is 26.2 Å². The molecule has 30 heavy (non-hydrogen) atoms. The average molecular weight is 468 g/mol. The lowest BCUT2D eigenvalue weighted by Crippen LogP contribution is -2.50. The molecular formula is C20H26ClN5O2S2. The minimum absolute atomic E-state index is 0.266. The van der Waals surface area contributed by atoms with Gasteiger partial charge in [-0.2, -0.15) is 0 Å². The summed E-state index contributed by atoms with van der Waals surface area (Å²) in [6.45, 7) is 8.88. The summed E-state index contributed by atoms with van der Waals surface area (Å²) in [6.07, 6.45) is 1.67. The molecule has 162 valence electrons. The molecule has 2 heterocycles. The first-order chi connectivity index (χ1) is 14.2. The van der Waals surface area contributed by atoms with Crippen LogP contribution in [0.5, 0.6) is 0 Å². The van der Waals surface area contributed by atoms with Gasteiger partial charge in [0, 0.05) is 43.2 Å². The predicted molar refractivity (Wildman–Crippen MR) is 124 cm³/mol. The zero-order valence-corrected chi connectivity index (χ0v) is 19.8. The van der Waals surface area contributed by atoms with Crippen molar-refractivity contribution >= 4 is 46.0 Å². The van der Waals surface area contributed by atoms with E-state index in [1.165, 1.54) is 0 Å². The number of thiocarbonyl (C=S) groups is 1. The number of carbonyl (C=O) groups is 1. The molecule has 1 saturated heterocycles. The second-order valence-electron chi connectivity index (χ2n) is 8.04. The molecule has 1 aromatic heterocycles. The summed E-state index contributed by atoms with van der Waals surface area (Å²) in [5.74, 6) is 0.658. The molecule has 1 amide bonds. The molecule has 0 N–H and O–H groups in total. The molecule has 1 aliphatic heterocycles. The van der Waals surface area contributed by atoms with Crippen LogP contribution >= 0.6 is 35.6 Å². The van der Waals surface area contributed by atoms with Gasteiger partial charge in [0.25, 0.3) is 0 Å². The maximum Gasteiger partial charge on any atom is 0.410 e. The number of thioether (sulfide) groups is 1. The first-order valence-electron chi connectivity index (χ1n) is 9.73. The fourth-order valence-corrected chi connectivity index (χ4v) is 4.14. The molecule has 2 aromatic rings. The number of benzene rings is 1. The fourth-order valence-electron chi connectivity index (χ4n) is 2.88. The van der Waals surface area contributed by atoms with E-state index in [2.05, 4.69) is 15.2 Å². The maximum absolute atomic E-state index is 12.2. The van der Waals surface area contributed by atoms with Crippen molar-refractivity contribution in [3.63, 3.8) is 0 Å². The highest BCUT2D eigenvalue weighted by Crippen LogP contribution is 2.18. The SMILES string of the molecule is CC(C)(C)OC(=O)N1CCN(C(=S)SCc2cn(Cc3ccc(Cl)cc3)nn2)CC1. The van der Waals surface area contributed by atoms with E-state index in [9.17, 15) is 4.79 Å². The van der Waals surface area contributed by atoms with Crippen LogP contribution in [-0.4, -0.2) is 67.0 Å². The summed E-state index contributed by atoms with van der Waals surface area (Å²) < 4.78 is 8.05. The van der Waals surface area contributed by atoms with Gasteiger partial charge in [0.1, 0.15) is 9.92 Å². The van der Waals surface area contributed by atoms with Crippen molar-refractivity contribution in [2.24, 2.45) is 0 Å². The predicted octanol–water partition coefficient (Wildman–Crippen LogP) is 4.05. The molecule has 1 aliphatic rings. The Morgan fingerprint density at radius 3 is 2.43 bits per heavy atom. The normalized spacial score (nSPS) is 14.7. The molecule has 0 saturated carbocycles. The Bertz CT molecular complexity index is 874. The van der Waals surface area contributed by atoms with Crippen LogP contribution in [0.2, 0.25) is 5.02 Å². The Kier molecular flexibility index (Phi) is 7.60. The van der Waals surface area contributed by atoms with Crippen molar-refractivity contribution in [1.82, 2.24) is 24.8 Å². The number of rotatable bonds is 4. The van der Waals surface area contributed by atoms with Crippen LogP contribution in [0.1, 0.15) is 32.0 Å². The van der Waals surface area contributed by atoms with E-state index in [0.29, 0.717) is 38.5 Å². The highest BCUT2D eigenvalue weighted by atomic mass is 35.5.